The summed E-state index contributed by atoms with van der Waals surface area (Å²) in [6, 6.07) is 0.352. The summed E-state index contributed by atoms with van der Waals surface area (Å²) in [5, 5.41) is 13.2. The van der Waals surface area contributed by atoms with Crippen molar-refractivity contribution < 1.29 is 4.92 Å². The first kappa shape index (κ1) is 8.82. The lowest BCUT2D eigenvalue weighted by atomic mass is 10.5. The SMILES string of the molecule is NC1CC1Nc1ncc([N+](=O)[O-])cn1. The van der Waals surface area contributed by atoms with Gasteiger partial charge in [-0.25, -0.2) is 9.97 Å². The molecule has 2 atom stereocenters. The van der Waals surface area contributed by atoms with Crippen molar-refractivity contribution in [3.63, 3.8) is 0 Å². The third kappa shape index (κ3) is 1.77. The number of anilines is 1. The third-order valence-electron chi connectivity index (χ3n) is 2.00. The van der Waals surface area contributed by atoms with Crippen molar-refractivity contribution in [1.29, 1.82) is 0 Å². The summed E-state index contributed by atoms with van der Waals surface area (Å²) in [4.78, 5) is 17.3. The van der Waals surface area contributed by atoms with Crippen LogP contribution >= 0.6 is 0 Å². The number of nitro groups is 1. The average molecular weight is 195 g/mol. The molecule has 0 aliphatic heterocycles. The molecule has 0 bridgehead atoms. The van der Waals surface area contributed by atoms with Crippen molar-refractivity contribution in [3.8, 4) is 0 Å². The fourth-order valence-corrected chi connectivity index (χ4v) is 1.04. The summed E-state index contributed by atoms with van der Waals surface area (Å²) >= 11 is 0. The lowest BCUT2D eigenvalue weighted by Gasteiger charge is -2.00. The predicted molar refractivity (Wildman–Crippen MR) is 48.7 cm³/mol. The van der Waals surface area contributed by atoms with E-state index in [4.69, 9.17) is 5.73 Å². The van der Waals surface area contributed by atoms with Gasteiger partial charge in [0.15, 0.2) is 0 Å². The lowest BCUT2D eigenvalue weighted by Crippen LogP contribution is -2.14. The van der Waals surface area contributed by atoms with Crippen LogP contribution in [-0.4, -0.2) is 27.0 Å². The zero-order valence-electron chi connectivity index (χ0n) is 7.25. The lowest BCUT2D eigenvalue weighted by molar-refractivity contribution is -0.385. The van der Waals surface area contributed by atoms with E-state index in [-0.39, 0.29) is 17.8 Å². The predicted octanol–water partition coefficient (Wildman–Crippen LogP) is -0.104. The van der Waals surface area contributed by atoms with Crippen LogP contribution in [0.15, 0.2) is 12.4 Å². The second-order valence-electron chi connectivity index (χ2n) is 3.17. The minimum Gasteiger partial charge on any atom is -0.350 e. The molecule has 3 N–H and O–H groups in total. The maximum absolute atomic E-state index is 10.3. The molecule has 1 aliphatic rings. The Morgan fingerprint density at radius 3 is 2.57 bits per heavy atom. The van der Waals surface area contributed by atoms with Crippen LogP contribution in [0.1, 0.15) is 6.42 Å². The molecular formula is C7H9N5O2. The molecule has 14 heavy (non-hydrogen) atoms. The molecular weight excluding hydrogens is 186 g/mol. The molecule has 0 amide bonds. The minimum atomic E-state index is -0.535. The molecule has 1 heterocycles. The highest BCUT2D eigenvalue weighted by Crippen LogP contribution is 2.22. The molecule has 1 aromatic heterocycles. The van der Waals surface area contributed by atoms with E-state index in [0.29, 0.717) is 5.95 Å². The van der Waals surface area contributed by atoms with E-state index in [1.165, 1.54) is 12.4 Å². The van der Waals surface area contributed by atoms with Crippen LogP contribution in [0.5, 0.6) is 0 Å². The summed E-state index contributed by atoms with van der Waals surface area (Å²) in [6.45, 7) is 0. The average Bonchev–Trinajstić information content (AvgIpc) is 2.82. The van der Waals surface area contributed by atoms with Crippen molar-refractivity contribution in [1.82, 2.24) is 9.97 Å². The molecule has 1 aromatic rings. The summed E-state index contributed by atoms with van der Waals surface area (Å²) in [7, 11) is 0. The van der Waals surface area contributed by atoms with E-state index in [9.17, 15) is 10.1 Å². The van der Waals surface area contributed by atoms with Gasteiger partial charge in [0.1, 0.15) is 12.4 Å². The van der Waals surface area contributed by atoms with Gasteiger partial charge in [-0.1, -0.05) is 0 Å². The Labute approximate surface area is 79.5 Å². The number of nitrogens with two attached hydrogens (primary N) is 1. The third-order valence-corrected chi connectivity index (χ3v) is 2.00. The van der Waals surface area contributed by atoms with E-state index in [2.05, 4.69) is 15.3 Å². The molecule has 0 aromatic carbocycles. The van der Waals surface area contributed by atoms with Crippen LogP contribution < -0.4 is 11.1 Å². The maximum Gasteiger partial charge on any atom is 0.305 e. The summed E-state index contributed by atoms with van der Waals surface area (Å²) < 4.78 is 0. The van der Waals surface area contributed by atoms with Crippen LogP contribution in [0.25, 0.3) is 0 Å². The first-order valence-corrected chi connectivity index (χ1v) is 4.15. The van der Waals surface area contributed by atoms with Crippen molar-refractivity contribution >= 4 is 11.6 Å². The van der Waals surface area contributed by atoms with Gasteiger partial charge in [0.2, 0.25) is 5.95 Å². The smallest absolute Gasteiger partial charge is 0.305 e. The molecule has 0 radical (unpaired) electrons. The zero-order valence-corrected chi connectivity index (χ0v) is 7.25. The van der Waals surface area contributed by atoms with Gasteiger partial charge in [-0.15, -0.1) is 0 Å². The van der Waals surface area contributed by atoms with Crippen molar-refractivity contribution in [3.05, 3.63) is 22.5 Å². The molecule has 0 spiro atoms. The molecule has 1 saturated carbocycles. The van der Waals surface area contributed by atoms with Crippen LogP contribution in [0.4, 0.5) is 11.6 Å². The second-order valence-corrected chi connectivity index (χ2v) is 3.17. The Hall–Kier alpha value is -1.76. The Balaban J connectivity index is 2.02. The zero-order chi connectivity index (χ0) is 10.1. The van der Waals surface area contributed by atoms with E-state index >= 15 is 0 Å². The standard InChI is InChI=1S/C7H9N5O2/c8-5-1-6(5)11-7-9-2-4(3-10-7)12(13)14/h2-3,5-6H,1,8H2,(H,9,10,11). The van der Waals surface area contributed by atoms with Gasteiger partial charge in [-0.05, 0) is 6.42 Å². The highest BCUT2D eigenvalue weighted by Gasteiger charge is 2.33. The van der Waals surface area contributed by atoms with Gasteiger partial charge >= 0.3 is 5.69 Å². The topological polar surface area (TPSA) is 107 Å². The van der Waals surface area contributed by atoms with Gasteiger partial charge in [-0.2, -0.15) is 0 Å². The highest BCUT2D eigenvalue weighted by molar-refractivity contribution is 5.34. The largest absolute Gasteiger partial charge is 0.350 e. The van der Waals surface area contributed by atoms with Crippen LogP contribution in [0.3, 0.4) is 0 Å². The highest BCUT2D eigenvalue weighted by atomic mass is 16.6. The minimum absolute atomic E-state index is 0.115. The van der Waals surface area contributed by atoms with Gasteiger partial charge in [0, 0.05) is 12.1 Å². The first-order valence-electron chi connectivity index (χ1n) is 4.15. The normalized spacial score (nSPS) is 24.4. The Morgan fingerprint density at radius 1 is 1.57 bits per heavy atom. The number of hydrogen-bond donors (Lipinski definition) is 2. The fraction of sp³-hybridized carbons (Fsp3) is 0.429. The van der Waals surface area contributed by atoms with Gasteiger partial charge < -0.3 is 11.1 Å². The van der Waals surface area contributed by atoms with E-state index in [0.717, 1.165) is 6.42 Å². The summed E-state index contributed by atoms with van der Waals surface area (Å²) in [6.07, 6.45) is 3.23. The van der Waals surface area contributed by atoms with Crippen molar-refractivity contribution in [2.24, 2.45) is 5.73 Å². The molecule has 74 valence electrons. The summed E-state index contributed by atoms with van der Waals surface area (Å²) in [5.41, 5.74) is 5.45. The van der Waals surface area contributed by atoms with E-state index in [1.54, 1.807) is 0 Å². The molecule has 2 unspecified atom stereocenters. The quantitative estimate of drug-likeness (QED) is 0.515. The fourth-order valence-electron chi connectivity index (χ4n) is 1.04. The van der Waals surface area contributed by atoms with E-state index < -0.39 is 4.92 Å². The number of nitrogens with zero attached hydrogens (tertiary/aromatic N) is 3. The van der Waals surface area contributed by atoms with Gasteiger partial charge in [-0.3, -0.25) is 10.1 Å². The van der Waals surface area contributed by atoms with Gasteiger partial charge in [0.25, 0.3) is 0 Å². The Morgan fingerprint density at radius 2 is 2.14 bits per heavy atom. The summed E-state index contributed by atoms with van der Waals surface area (Å²) in [5.74, 6) is 0.383. The maximum atomic E-state index is 10.3. The molecule has 7 heteroatoms. The number of aromatic nitrogens is 2. The monoisotopic (exact) mass is 195 g/mol. The first-order chi connectivity index (χ1) is 6.66. The second kappa shape index (κ2) is 3.18. The van der Waals surface area contributed by atoms with Crippen LogP contribution in [0.2, 0.25) is 0 Å². The van der Waals surface area contributed by atoms with Crippen LogP contribution in [-0.2, 0) is 0 Å². The Kier molecular flexibility index (Phi) is 2.01. The van der Waals surface area contributed by atoms with Gasteiger partial charge in [0.05, 0.1) is 4.92 Å². The number of rotatable bonds is 3. The van der Waals surface area contributed by atoms with E-state index in [1.807, 2.05) is 0 Å². The van der Waals surface area contributed by atoms with Crippen LogP contribution in [0, 0.1) is 10.1 Å². The molecule has 0 saturated heterocycles. The molecule has 2 rings (SSSR count). The molecule has 1 aliphatic carbocycles. The van der Waals surface area contributed by atoms with Crippen molar-refractivity contribution in [2.45, 2.75) is 18.5 Å². The Bertz CT molecular complexity index is 352. The molecule has 1 fully saturated rings. The number of nitrogens with one attached hydrogen (secondary N) is 1. The number of hydrogen-bond acceptors (Lipinski definition) is 6. The molecule has 7 nitrogen and oxygen atoms in total. The van der Waals surface area contributed by atoms with Crippen molar-refractivity contribution in [2.75, 3.05) is 5.32 Å².